The lowest BCUT2D eigenvalue weighted by Gasteiger charge is -2.32. The molecule has 1 amide bonds. The maximum Gasteiger partial charge on any atom is 0.234 e. The molecule has 2 aliphatic rings. The Morgan fingerprint density at radius 1 is 1.15 bits per heavy atom. The summed E-state index contributed by atoms with van der Waals surface area (Å²) in [6.07, 6.45) is 1.79. The Kier molecular flexibility index (Phi) is 2.36. The van der Waals surface area contributed by atoms with Crippen molar-refractivity contribution in [2.24, 2.45) is 0 Å². The van der Waals surface area contributed by atoms with E-state index in [0.29, 0.717) is 0 Å². The molecule has 1 unspecified atom stereocenters. The molecular weight excluding hydrogens is 248 g/mol. The fourth-order valence-electron chi connectivity index (χ4n) is 3.29. The normalized spacial score (nSPS) is 19.2. The molecule has 0 spiro atoms. The highest BCUT2D eigenvalue weighted by Gasteiger charge is 2.37. The number of nitrogens with two attached hydrogens (primary N) is 1. The van der Waals surface area contributed by atoms with E-state index in [-0.39, 0.29) is 11.8 Å². The Bertz CT molecular complexity index is 708. The van der Waals surface area contributed by atoms with E-state index < -0.39 is 0 Å². The van der Waals surface area contributed by atoms with Crippen LogP contribution in [0.15, 0.2) is 42.5 Å². The van der Waals surface area contributed by atoms with Crippen molar-refractivity contribution < 1.29 is 4.79 Å². The van der Waals surface area contributed by atoms with E-state index in [1.807, 2.05) is 35.2 Å². The SMILES string of the molecule is Nc1ccc2c(c1)N(C(=O)C1Cc3ccccc31)CC2. The largest absolute Gasteiger partial charge is 0.399 e. The van der Waals surface area contributed by atoms with Gasteiger partial charge in [0.15, 0.2) is 0 Å². The topological polar surface area (TPSA) is 46.3 Å². The highest BCUT2D eigenvalue weighted by atomic mass is 16.2. The predicted molar refractivity (Wildman–Crippen MR) is 79.8 cm³/mol. The van der Waals surface area contributed by atoms with E-state index in [0.717, 1.165) is 30.8 Å². The molecule has 0 saturated heterocycles. The zero-order chi connectivity index (χ0) is 13.7. The Morgan fingerprint density at radius 2 is 2.00 bits per heavy atom. The van der Waals surface area contributed by atoms with Crippen LogP contribution in [0, 0.1) is 0 Å². The molecule has 20 heavy (non-hydrogen) atoms. The Hall–Kier alpha value is -2.29. The molecule has 1 atom stereocenters. The second-order valence-electron chi connectivity index (χ2n) is 5.58. The van der Waals surface area contributed by atoms with Gasteiger partial charge in [-0.1, -0.05) is 30.3 Å². The molecule has 0 bridgehead atoms. The summed E-state index contributed by atoms with van der Waals surface area (Å²) in [6, 6.07) is 14.1. The minimum Gasteiger partial charge on any atom is -0.399 e. The molecular formula is C17H16N2O. The lowest BCUT2D eigenvalue weighted by atomic mass is 9.77. The van der Waals surface area contributed by atoms with Gasteiger partial charge in [-0.3, -0.25) is 4.79 Å². The van der Waals surface area contributed by atoms with Crippen LogP contribution in [0.5, 0.6) is 0 Å². The van der Waals surface area contributed by atoms with Crippen LogP contribution in [0.3, 0.4) is 0 Å². The number of nitrogens with zero attached hydrogens (tertiary/aromatic N) is 1. The first-order chi connectivity index (χ1) is 9.74. The molecule has 3 nitrogen and oxygen atoms in total. The first-order valence-corrected chi connectivity index (χ1v) is 7.01. The number of rotatable bonds is 1. The molecule has 0 radical (unpaired) electrons. The van der Waals surface area contributed by atoms with Gasteiger partial charge >= 0.3 is 0 Å². The first kappa shape index (κ1) is 11.5. The summed E-state index contributed by atoms with van der Waals surface area (Å²) in [5.74, 6) is 0.242. The molecule has 2 N–H and O–H groups in total. The predicted octanol–water partition coefficient (Wildman–Crippen LogP) is 2.50. The number of amides is 1. The second kappa shape index (κ2) is 4.10. The third kappa shape index (κ3) is 1.56. The number of nitrogen functional groups attached to an aromatic ring is 1. The van der Waals surface area contributed by atoms with Crippen LogP contribution in [0.1, 0.15) is 22.6 Å². The van der Waals surface area contributed by atoms with Crippen molar-refractivity contribution in [3.63, 3.8) is 0 Å². The van der Waals surface area contributed by atoms with E-state index >= 15 is 0 Å². The van der Waals surface area contributed by atoms with Crippen molar-refractivity contribution in [3.05, 3.63) is 59.2 Å². The number of fused-ring (bicyclic) bond motifs is 2. The van der Waals surface area contributed by atoms with Gasteiger partial charge in [0.25, 0.3) is 0 Å². The Balaban J connectivity index is 1.65. The van der Waals surface area contributed by atoms with E-state index in [2.05, 4.69) is 12.1 Å². The number of hydrogen-bond donors (Lipinski definition) is 1. The standard InChI is InChI=1S/C17H16N2O/c18-13-6-5-11-7-8-19(16(11)10-13)17(20)15-9-12-3-1-2-4-14(12)15/h1-6,10,15H,7-9,18H2. The van der Waals surface area contributed by atoms with Gasteiger partial charge in [-0.25, -0.2) is 0 Å². The minimum absolute atomic E-state index is 0.0265. The first-order valence-electron chi connectivity index (χ1n) is 7.01. The van der Waals surface area contributed by atoms with Crippen LogP contribution in [-0.4, -0.2) is 12.5 Å². The molecule has 3 heteroatoms. The molecule has 1 aliphatic heterocycles. The van der Waals surface area contributed by atoms with Crippen LogP contribution >= 0.6 is 0 Å². The summed E-state index contributed by atoms with van der Waals surface area (Å²) >= 11 is 0. The van der Waals surface area contributed by atoms with Gasteiger partial charge < -0.3 is 10.6 Å². The van der Waals surface area contributed by atoms with Crippen LogP contribution in [0.25, 0.3) is 0 Å². The average Bonchev–Trinajstić information content (AvgIpc) is 2.83. The zero-order valence-corrected chi connectivity index (χ0v) is 11.2. The van der Waals surface area contributed by atoms with Crippen LogP contribution in [0.2, 0.25) is 0 Å². The van der Waals surface area contributed by atoms with E-state index in [1.165, 1.54) is 16.7 Å². The van der Waals surface area contributed by atoms with Crippen molar-refractivity contribution in [1.29, 1.82) is 0 Å². The zero-order valence-electron chi connectivity index (χ0n) is 11.2. The molecule has 2 aromatic rings. The lowest BCUT2D eigenvalue weighted by Crippen LogP contribution is -2.38. The summed E-state index contributed by atoms with van der Waals surface area (Å²) in [7, 11) is 0. The summed E-state index contributed by atoms with van der Waals surface area (Å²) in [6.45, 7) is 0.774. The molecule has 0 fully saturated rings. The highest BCUT2D eigenvalue weighted by Crippen LogP contribution is 2.39. The third-order valence-corrected chi connectivity index (χ3v) is 4.42. The van der Waals surface area contributed by atoms with E-state index in [4.69, 9.17) is 5.73 Å². The number of hydrogen-bond acceptors (Lipinski definition) is 2. The summed E-state index contributed by atoms with van der Waals surface area (Å²) in [5.41, 5.74) is 11.3. The molecule has 0 saturated carbocycles. The fourth-order valence-corrected chi connectivity index (χ4v) is 3.29. The fraction of sp³-hybridized carbons (Fsp3) is 0.235. The van der Waals surface area contributed by atoms with Crippen LogP contribution in [0.4, 0.5) is 11.4 Å². The van der Waals surface area contributed by atoms with Crippen LogP contribution in [-0.2, 0) is 17.6 Å². The molecule has 4 rings (SSSR count). The Labute approximate surface area is 118 Å². The van der Waals surface area contributed by atoms with E-state index in [1.54, 1.807) is 0 Å². The summed E-state index contributed by atoms with van der Waals surface area (Å²) < 4.78 is 0. The van der Waals surface area contributed by atoms with Crippen molar-refractivity contribution in [1.82, 2.24) is 0 Å². The third-order valence-electron chi connectivity index (χ3n) is 4.42. The lowest BCUT2D eigenvalue weighted by molar-refractivity contribution is -0.120. The maximum atomic E-state index is 12.7. The van der Waals surface area contributed by atoms with Gasteiger partial charge in [0.2, 0.25) is 5.91 Å². The highest BCUT2D eigenvalue weighted by molar-refractivity contribution is 6.01. The molecule has 2 aromatic carbocycles. The second-order valence-corrected chi connectivity index (χ2v) is 5.58. The van der Waals surface area contributed by atoms with Crippen molar-refractivity contribution in [2.75, 3.05) is 17.2 Å². The number of anilines is 2. The number of benzene rings is 2. The van der Waals surface area contributed by atoms with Crippen molar-refractivity contribution in [3.8, 4) is 0 Å². The summed E-state index contributed by atoms with van der Waals surface area (Å²) in [5, 5.41) is 0. The molecule has 100 valence electrons. The van der Waals surface area contributed by atoms with Crippen molar-refractivity contribution in [2.45, 2.75) is 18.8 Å². The van der Waals surface area contributed by atoms with Crippen molar-refractivity contribution >= 4 is 17.3 Å². The van der Waals surface area contributed by atoms with Gasteiger partial charge in [0.1, 0.15) is 0 Å². The maximum absolute atomic E-state index is 12.7. The van der Waals surface area contributed by atoms with Gasteiger partial charge in [-0.15, -0.1) is 0 Å². The van der Waals surface area contributed by atoms with Gasteiger partial charge in [0.05, 0.1) is 5.92 Å². The number of carbonyl (C=O) groups is 1. The minimum atomic E-state index is 0.0265. The monoisotopic (exact) mass is 264 g/mol. The van der Waals surface area contributed by atoms with Gasteiger partial charge in [-0.2, -0.15) is 0 Å². The molecule has 1 heterocycles. The summed E-state index contributed by atoms with van der Waals surface area (Å²) in [4.78, 5) is 14.7. The molecule has 0 aromatic heterocycles. The quantitative estimate of drug-likeness (QED) is 0.804. The number of carbonyl (C=O) groups excluding carboxylic acids is 1. The smallest absolute Gasteiger partial charge is 0.234 e. The van der Waals surface area contributed by atoms with E-state index in [9.17, 15) is 4.79 Å². The molecule has 1 aliphatic carbocycles. The van der Waals surface area contributed by atoms with Gasteiger partial charge in [0, 0.05) is 17.9 Å². The average molecular weight is 264 g/mol. The Morgan fingerprint density at radius 3 is 2.85 bits per heavy atom. The van der Waals surface area contributed by atoms with Gasteiger partial charge in [-0.05, 0) is 41.7 Å². The van der Waals surface area contributed by atoms with Crippen LogP contribution < -0.4 is 10.6 Å².